The molecule has 92 valence electrons. The molecule has 0 aliphatic rings. The van der Waals surface area contributed by atoms with Crippen LogP contribution in [0.1, 0.15) is 19.4 Å². The SMILES string of the molecule is CCN(C=O)C(C)(C(=O)O)c1cncc(F)c1. The summed E-state index contributed by atoms with van der Waals surface area (Å²) in [5.74, 6) is -1.88. The molecule has 1 aromatic rings. The highest BCUT2D eigenvalue weighted by Crippen LogP contribution is 2.27. The molecule has 5 nitrogen and oxygen atoms in total. The van der Waals surface area contributed by atoms with Crippen molar-refractivity contribution in [2.75, 3.05) is 6.54 Å². The van der Waals surface area contributed by atoms with Gasteiger partial charge in [-0.3, -0.25) is 9.78 Å². The summed E-state index contributed by atoms with van der Waals surface area (Å²) in [6, 6.07) is 1.06. The lowest BCUT2D eigenvalue weighted by Gasteiger charge is -2.34. The topological polar surface area (TPSA) is 70.5 Å². The smallest absolute Gasteiger partial charge is 0.334 e. The van der Waals surface area contributed by atoms with Crippen molar-refractivity contribution >= 4 is 12.4 Å². The molecule has 6 heteroatoms. The van der Waals surface area contributed by atoms with E-state index >= 15 is 0 Å². The number of carboxylic acid groups (broad SMARTS) is 1. The highest BCUT2D eigenvalue weighted by Gasteiger charge is 2.40. The minimum absolute atomic E-state index is 0.124. The Bertz CT molecular complexity index is 438. The molecule has 1 N–H and O–H groups in total. The van der Waals surface area contributed by atoms with Crippen LogP contribution in [-0.2, 0) is 15.1 Å². The van der Waals surface area contributed by atoms with Gasteiger partial charge in [-0.25, -0.2) is 9.18 Å². The average Bonchev–Trinajstić information content (AvgIpc) is 2.30. The summed E-state index contributed by atoms with van der Waals surface area (Å²) < 4.78 is 13.1. The fourth-order valence-electron chi connectivity index (χ4n) is 1.59. The molecule has 1 amide bonds. The first-order chi connectivity index (χ1) is 7.96. The maximum Gasteiger partial charge on any atom is 0.334 e. The molecule has 0 saturated carbocycles. The van der Waals surface area contributed by atoms with Gasteiger partial charge in [-0.2, -0.15) is 0 Å². The third-order valence-corrected chi connectivity index (χ3v) is 2.73. The molecule has 1 aromatic heterocycles. The van der Waals surface area contributed by atoms with Crippen molar-refractivity contribution in [2.45, 2.75) is 19.4 Å². The van der Waals surface area contributed by atoms with Gasteiger partial charge in [0.2, 0.25) is 6.41 Å². The normalized spacial score (nSPS) is 13.8. The van der Waals surface area contributed by atoms with E-state index in [1.165, 1.54) is 13.1 Å². The number of carbonyl (C=O) groups is 2. The Labute approximate surface area is 97.9 Å². The molecule has 0 aliphatic heterocycles. The third kappa shape index (κ3) is 2.25. The largest absolute Gasteiger partial charge is 0.479 e. The number of amides is 1. The number of carboxylic acids is 1. The van der Waals surface area contributed by atoms with Crippen LogP contribution in [0.25, 0.3) is 0 Å². The second kappa shape index (κ2) is 4.90. The lowest BCUT2D eigenvalue weighted by molar-refractivity contribution is -0.154. The van der Waals surface area contributed by atoms with Gasteiger partial charge < -0.3 is 10.0 Å². The summed E-state index contributed by atoms with van der Waals surface area (Å²) >= 11 is 0. The minimum Gasteiger partial charge on any atom is -0.479 e. The van der Waals surface area contributed by atoms with Gasteiger partial charge >= 0.3 is 5.97 Å². The zero-order valence-corrected chi connectivity index (χ0v) is 9.55. The van der Waals surface area contributed by atoms with E-state index in [-0.39, 0.29) is 12.1 Å². The molecule has 0 radical (unpaired) electrons. The van der Waals surface area contributed by atoms with E-state index in [4.69, 9.17) is 0 Å². The Balaban J connectivity index is 3.34. The quantitative estimate of drug-likeness (QED) is 0.779. The van der Waals surface area contributed by atoms with Crippen molar-refractivity contribution in [3.05, 3.63) is 29.8 Å². The lowest BCUT2D eigenvalue weighted by Crippen LogP contribution is -2.49. The molecule has 0 bridgehead atoms. The fourth-order valence-corrected chi connectivity index (χ4v) is 1.59. The van der Waals surface area contributed by atoms with Crippen LogP contribution in [0.3, 0.4) is 0 Å². The first-order valence-corrected chi connectivity index (χ1v) is 5.03. The standard InChI is InChI=1S/C11H13FN2O3/c1-3-14(7-15)11(2,10(16)17)8-4-9(12)6-13-5-8/h4-7H,3H2,1-2H3,(H,16,17). The zero-order chi connectivity index (χ0) is 13.1. The van der Waals surface area contributed by atoms with Crippen LogP contribution in [0.5, 0.6) is 0 Å². The molecule has 1 unspecified atom stereocenters. The van der Waals surface area contributed by atoms with Crippen molar-refractivity contribution in [3.63, 3.8) is 0 Å². The molecule has 1 heterocycles. The second-order valence-electron chi connectivity index (χ2n) is 3.66. The molecular formula is C11H13FN2O3. The van der Waals surface area contributed by atoms with Crippen molar-refractivity contribution in [2.24, 2.45) is 0 Å². The number of halogens is 1. The maximum absolute atomic E-state index is 13.1. The predicted octanol–water partition coefficient (Wildman–Crippen LogP) is 0.999. The van der Waals surface area contributed by atoms with Gasteiger partial charge in [-0.05, 0) is 19.9 Å². The van der Waals surface area contributed by atoms with Crippen molar-refractivity contribution in [3.8, 4) is 0 Å². The highest BCUT2D eigenvalue weighted by atomic mass is 19.1. The molecule has 0 fully saturated rings. The molecule has 17 heavy (non-hydrogen) atoms. The Kier molecular flexibility index (Phi) is 3.77. The molecule has 1 atom stereocenters. The van der Waals surface area contributed by atoms with E-state index in [1.807, 2.05) is 0 Å². The summed E-state index contributed by atoms with van der Waals surface area (Å²) in [5, 5.41) is 9.26. The highest BCUT2D eigenvalue weighted by molar-refractivity contribution is 5.82. The van der Waals surface area contributed by atoms with Crippen LogP contribution in [0.15, 0.2) is 18.5 Å². The van der Waals surface area contributed by atoms with Crippen LogP contribution in [0, 0.1) is 5.82 Å². The number of likely N-dealkylation sites (N-methyl/N-ethyl adjacent to an activating group) is 1. The number of hydrogen-bond donors (Lipinski definition) is 1. The molecule has 0 aromatic carbocycles. The van der Waals surface area contributed by atoms with E-state index in [9.17, 15) is 19.1 Å². The number of rotatable bonds is 5. The van der Waals surface area contributed by atoms with E-state index in [0.29, 0.717) is 6.41 Å². The van der Waals surface area contributed by atoms with E-state index < -0.39 is 17.3 Å². The Morgan fingerprint density at radius 1 is 1.65 bits per heavy atom. The second-order valence-corrected chi connectivity index (χ2v) is 3.66. The van der Waals surface area contributed by atoms with E-state index in [2.05, 4.69) is 4.98 Å². The number of aliphatic carboxylic acids is 1. The summed E-state index contributed by atoms with van der Waals surface area (Å²) in [6.07, 6.45) is 2.64. The summed E-state index contributed by atoms with van der Waals surface area (Å²) in [4.78, 5) is 26.9. The van der Waals surface area contributed by atoms with Gasteiger partial charge in [-0.1, -0.05) is 0 Å². The van der Waals surface area contributed by atoms with Crippen LogP contribution < -0.4 is 0 Å². The lowest BCUT2D eigenvalue weighted by atomic mass is 9.91. The van der Waals surface area contributed by atoms with Gasteiger partial charge in [0.15, 0.2) is 5.54 Å². The Morgan fingerprint density at radius 3 is 2.71 bits per heavy atom. The van der Waals surface area contributed by atoms with Gasteiger partial charge in [-0.15, -0.1) is 0 Å². The first-order valence-electron chi connectivity index (χ1n) is 5.03. The molecule has 0 saturated heterocycles. The summed E-state index contributed by atoms with van der Waals surface area (Å²) in [6.45, 7) is 3.18. The Morgan fingerprint density at radius 2 is 2.29 bits per heavy atom. The van der Waals surface area contributed by atoms with Crippen molar-refractivity contribution in [1.29, 1.82) is 0 Å². The number of hydrogen-bond acceptors (Lipinski definition) is 3. The van der Waals surface area contributed by atoms with Gasteiger partial charge in [0.1, 0.15) is 5.82 Å². The third-order valence-electron chi connectivity index (χ3n) is 2.73. The predicted molar refractivity (Wildman–Crippen MR) is 57.6 cm³/mol. The fraction of sp³-hybridized carbons (Fsp3) is 0.364. The molecule has 0 aliphatic carbocycles. The average molecular weight is 240 g/mol. The van der Waals surface area contributed by atoms with Crippen LogP contribution in [-0.4, -0.2) is 33.9 Å². The van der Waals surface area contributed by atoms with Gasteiger partial charge in [0.25, 0.3) is 0 Å². The Hall–Kier alpha value is -1.98. The molecular weight excluding hydrogens is 227 g/mol. The number of carbonyl (C=O) groups excluding carboxylic acids is 1. The van der Waals surface area contributed by atoms with E-state index in [1.54, 1.807) is 6.92 Å². The molecule has 0 spiro atoms. The number of nitrogens with zero attached hydrogens (tertiary/aromatic N) is 2. The summed E-state index contributed by atoms with van der Waals surface area (Å²) in [5.41, 5.74) is -1.50. The van der Waals surface area contributed by atoms with Crippen molar-refractivity contribution in [1.82, 2.24) is 9.88 Å². The van der Waals surface area contributed by atoms with Gasteiger partial charge in [0.05, 0.1) is 6.20 Å². The first kappa shape index (κ1) is 13.1. The number of pyridine rings is 1. The van der Waals surface area contributed by atoms with Crippen LogP contribution >= 0.6 is 0 Å². The van der Waals surface area contributed by atoms with E-state index in [0.717, 1.165) is 17.2 Å². The van der Waals surface area contributed by atoms with Crippen LogP contribution in [0.2, 0.25) is 0 Å². The van der Waals surface area contributed by atoms with Gasteiger partial charge in [0, 0.05) is 18.3 Å². The molecule has 1 rings (SSSR count). The zero-order valence-electron chi connectivity index (χ0n) is 9.55. The van der Waals surface area contributed by atoms with Crippen molar-refractivity contribution < 1.29 is 19.1 Å². The maximum atomic E-state index is 13.1. The monoisotopic (exact) mass is 240 g/mol. The summed E-state index contributed by atoms with van der Waals surface area (Å²) in [7, 11) is 0. The minimum atomic E-state index is -1.62. The van der Waals surface area contributed by atoms with Crippen LogP contribution in [0.4, 0.5) is 4.39 Å². The number of aromatic nitrogens is 1.